The molecule has 0 bridgehead atoms. The van der Waals surface area contributed by atoms with E-state index in [0.29, 0.717) is 5.69 Å². The van der Waals surface area contributed by atoms with E-state index in [1.54, 1.807) is 13.2 Å². The maximum Gasteiger partial charge on any atom is 0.241 e. The zero-order valence-electron chi connectivity index (χ0n) is 6.65. The molecule has 0 radical (unpaired) electrons. The molecular weight excluding hydrogens is 180 g/mol. The second-order valence-electron chi connectivity index (χ2n) is 2.14. The summed E-state index contributed by atoms with van der Waals surface area (Å²) in [5.74, 6) is -0.0897. The van der Waals surface area contributed by atoms with Crippen LogP contribution in [0.25, 0.3) is 0 Å². The quantitative estimate of drug-likeness (QED) is 0.669. The number of carbonyl (C=O) groups is 1. The molecule has 0 aliphatic rings. The normalized spacial score (nSPS) is 8.75. The molecule has 1 heterocycles. The van der Waals surface area contributed by atoms with Gasteiger partial charge in [0, 0.05) is 13.2 Å². The average Bonchev–Trinajstić information content (AvgIpc) is 2.35. The predicted octanol–water partition coefficient (Wildman–Crippen LogP) is -0.367. The lowest BCUT2D eigenvalue weighted by molar-refractivity contribution is -0.121. The zero-order valence-corrected chi connectivity index (χ0v) is 7.47. The van der Waals surface area contributed by atoms with Gasteiger partial charge < -0.3 is 11.1 Å². The minimum absolute atomic E-state index is 0. The fourth-order valence-electron chi connectivity index (χ4n) is 0.692. The Balaban J connectivity index is 0.00000121. The number of hydrogen-bond acceptors (Lipinski definition) is 3. The standard InChI is InChI=1S/C6H10N4O.ClH/c1-8-6(11)4-10-3-5(7)2-9-10;/h2-3H,4,7H2,1H3,(H,8,11);1H. The van der Waals surface area contributed by atoms with Crippen LogP contribution in [-0.2, 0) is 11.3 Å². The number of halogens is 1. The largest absolute Gasteiger partial charge is 0.396 e. The molecule has 0 spiro atoms. The Bertz CT molecular complexity index is 260. The summed E-state index contributed by atoms with van der Waals surface area (Å²) in [6, 6.07) is 0. The van der Waals surface area contributed by atoms with E-state index in [2.05, 4.69) is 10.4 Å². The van der Waals surface area contributed by atoms with Gasteiger partial charge in [-0.25, -0.2) is 0 Å². The molecule has 0 atom stereocenters. The minimum Gasteiger partial charge on any atom is -0.396 e. The lowest BCUT2D eigenvalue weighted by Crippen LogP contribution is -2.23. The minimum atomic E-state index is -0.0897. The molecule has 1 aromatic heterocycles. The van der Waals surface area contributed by atoms with Gasteiger partial charge in [0.2, 0.25) is 5.91 Å². The molecule has 1 rings (SSSR count). The predicted molar refractivity (Wildman–Crippen MR) is 48.0 cm³/mol. The van der Waals surface area contributed by atoms with Crippen molar-refractivity contribution in [3.63, 3.8) is 0 Å². The highest BCUT2D eigenvalue weighted by atomic mass is 35.5. The van der Waals surface area contributed by atoms with E-state index in [-0.39, 0.29) is 24.9 Å². The number of carbonyl (C=O) groups excluding carboxylic acids is 1. The number of nitrogens with one attached hydrogen (secondary N) is 1. The van der Waals surface area contributed by atoms with Crippen LogP contribution in [0.4, 0.5) is 5.69 Å². The summed E-state index contributed by atoms with van der Waals surface area (Å²) in [5, 5.41) is 6.32. The summed E-state index contributed by atoms with van der Waals surface area (Å²) in [6.45, 7) is 0.216. The molecule has 0 aromatic carbocycles. The van der Waals surface area contributed by atoms with Gasteiger partial charge in [-0.2, -0.15) is 5.10 Å². The van der Waals surface area contributed by atoms with Crippen molar-refractivity contribution >= 4 is 24.0 Å². The molecule has 68 valence electrons. The number of likely N-dealkylation sites (N-methyl/N-ethyl adjacent to an activating group) is 1. The Kier molecular flexibility index (Phi) is 4.14. The number of nitrogen functional groups attached to an aromatic ring is 1. The van der Waals surface area contributed by atoms with E-state index in [1.165, 1.54) is 10.9 Å². The molecule has 12 heavy (non-hydrogen) atoms. The van der Waals surface area contributed by atoms with Crippen LogP contribution in [0.5, 0.6) is 0 Å². The molecule has 0 aliphatic carbocycles. The lowest BCUT2D eigenvalue weighted by atomic mass is 10.6. The molecule has 3 N–H and O–H groups in total. The van der Waals surface area contributed by atoms with E-state index in [9.17, 15) is 4.79 Å². The molecule has 1 amide bonds. The Morgan fingerprint density at radius 2 is 2.50 bits per heavy atom. The summed E-state index contributed by atoms with van der Waals surface area (Å²) in [4.78, 5) is 10.8. The van der Waals surface area contributed by atoms with Crippen LogP contribution in [0.15, 0.2) is 12.4 Å². The second-order valence-corrected chi connectivity index (χ2v) is 2.14. The third kappa shape index (κ3) is 2.79. The number of nitrogens with two attached hydrogens (primary N) is 1. The van der Waals surface area contributed by atoms with Gasteiger partial charge >= 0.3 is 0 Å². The Morgan fingerprint density at radius 1 is 1.83 bits per heavy atom. The smallest absolute Gasteiger partial charge is 0.241 e. The molecular formula is C6H11ClN4O. The first kappa shape index (κ1) is 10.8. The third-order valence-corrected chi connectivity index (χ3v) is 1.24. The summed E-state index contributed by atoms with van der Waals surface area (Å²) in [7, 11) is 1.58. The van der Waals surface area contributed by atoms with Crippen LogP contribution in [0.1, 0.15) is 0 Å². The van der Waals surface area contributed by atoms with Crippen LogP contribution in [0, 0.1) is 0 Å². The SMILES string of the molecule is CNC(=O)Cn1cc(N)cn1.Cl. The Hall–Kier alpha value is -1.23. The molecule has 1 aromatic rings. The van der Waals surface area contributed by atoms with Crippen LogP contribution < -0.4 is 11.1 Å². The zero-order chi connectivity index (χ0) is 8.27. The Morgan fingerprint density at radius 3 is 2.92 bits per heavy atom. The van der Waals surface area contributed by atoms with E-state index >= 15 is 0 Å². The van der Waals surface area contributed by atoms with Crippen molar-refractivity contribution in [3.05, 3.63) is 12.4 Å². The first-order valence-corrected chi connectivity index (χ1v) is 3.21. The van der Waals surface area contributed by atoms with Gasteiger partial charge in [-0.3, -0.25) is 9.48 Å². The van der Waals surface area contributed by atoms with Gasteiger partial charge in [-0.05, 0) is 0 Å². The van der Waals surface area contributed by atoms with Gasteiger partial charge in [-0.15, -0.1) is 12.4 Å². The number of rotatable bonds is 2. The fraction of sp³-hybridized carbons (Fsp3) is 0.333. The molecule has 5 nitrogen and oxygen atoms in total. The fourth-order valence-corrected chi connectivity index (χ4v) is 0.692. The number of aromatic nitrogens is 2. The van der Waals surface area contributed by atoms with E-state index in [4.69, 9.17) is 5.73 Å². The van der Waals surface area contributed by atoms with Gasteiger partial charge in [-0.1, -0.05) is 0 Å². The topological polar surface area (TPSA) is 72.9 Å². The summed E-state index contributed by atoms with van der Waals surface area (Å²) >= 11 is 0. The van der Waals surface area contributed by atoms with Crippen molar-refractivity contribution in [1.82, 2.24) is 15.1 Å². The first-order valence-electron chi connectivity index (χ1n) is 3.21. The molecule has 0 saturated carbocycles. The molecule has 0 unspecified atom stereocenters. The van der Waals surface area contributed by atoms with Crippen LogP contribution >= 0.6 is 12.4 Å². The number of amides is 1. The van der Waals surface area contributed by atoms with E-state index < -0.39 is 0 Å². The summed E-state index contributed by atoms with van der Waals surface area (Å²) < 4.78 is 1.48. The van der Waals surface area contributed by atoms with Crippen LogP contribution in [-0.4, -0.2) is 22.7 Å². The van der Waals surface area contributed by atoms with Crippen molar-refractivity contribution in [2.45, 2.75) is 6.54 Å². The highest BCUT2D eigenvalue weighted by Crippen LogP contribution is 1.96. The number of hydrogen-bond donors (Lipinski definition) is 2. The number of nitrogens with zero attached hydrogens (tertiary/aromatic N) is 2. The average molecular weight is 191 g/mol. The molecule has 0 fully saturated rings. The van der Waals surface area contributed by atoms with Crippen molar-refractivity contribution in [1.29, 1.82) is 0 Å². The van der Waals surface area contributed by atoms with Crippen molar-refractivity contribution in [3.8, 4) is 0 Å². The maximum absolute atomic E-state index is 10.8. The van der Waals surface area contributed by atoms with Gasteiger partial charge in [0.1, 0.15) is 6.54 Å². The van der Waals surface area contributed by atoms with Crippen molar-refractivity contribution in [2.75, 3.05) is 12.8 Å². The van der Waals surface area contributed by atoms with Gasteiger partial charge in [0.05, 0.1) is 11.9 Å². The summed E-state index contributed by atoms with van der Waals surface area (Å²) in [6.07, 6.45) is 3.11. The Labute approximate surface area is 76.3 Å². The maximum atomic E-state index is 10.8. The van der Waals surface area contributed by atoms with Gasteiger partial charge in [0.25, 0.3) is 0 Å². The van der Waals surface area contributed by atoms with Crippen LogP contribution in [0.2, 0.25) is 0 Å². The molecule has 0 saturated heterocycles. The number of anilines is 1. The van der Waals surface area contributed by atoms with E-state index in [1.807, 2.05) is 0 Å². The van der Waals surface area contributed by atoms with Crippen molar-refractivity contribution in [2.24, 2.45) is 0 Å². The highest BCUT2D eigenvalue weighted by molar-refractivity contribution is 5.85. The third-order valence-electron chi connectivity index (χ3n) is 1.24. The monoisotopic (exact) mass is 190 g/mol. The van der Waals surface area contributed by atoms with Crippen molar-refractivity contribution < 1.29 is 4.79 Å². The lowest BCUT2D eigenvalue weighted by Gasteiger charge is -1.97. The first-order chi connectivity index (χ1) is 5.22. The molecule has 6 heteroatoms. The molecule has 0 aliphatic heterocycles. The van der Waals surface area contributed by atoms with Gasteiger partial charge in [0.15, 0.2) is 0 Å². The highest BCUT2D eigenvalue weighted by Gasteiger charge is 1.99. The summed E-state index contributed by atoms with van der Waals surface area (Å²) in [5.41, 5.74) is 5.94. The van der Waals surface area contributed by atoms with Crippen LogP contribution in [0.3, 0.4) is 0 Å². The van der Waals surface area contributed by atoms with E-state index in [0.717, 1.165) is 0 Å². The second kappa shape index (κ2) is 4.61.